The number of hydrogen-bond donors (Lipinski definition) is 2. The number of likely N-dealkylation sites (N-methyl/N-ethyl adjacent to an activating group) is 1. The molecule has 0 aliphatic carbocycles. The second-order valence-corrected chi connectivity index (χ2v) is 7.20. The molecule has 2 aromatic carbocycles. The first-order chi connectivity index (χ1) is 14.7. The summed E-state index contributed by atoms with van der Waals surface area (Å²) in [6, 6.07) is 6.71. The molecule has 0 saturated heterocycles. The molecule has 0 fully saturated rings. The van der Waals surface area contributed by atoms with E-state index < -0.39 is 41.3 Å². The van der Waals surface area contributed by atoms with E-state index in [0.29, 0.717) is 11.1 Å². The summed E-state index contributed by atoms with van der Waals surface area (Å²) in [7, 11) is 1.35. The zero-order valence-corrected chi connectivity index (χ0v) is 17.0. The monoisotopic (exact) mass is 429 g/mol. The summed E-state index contributed by atoms with van der Waals surface area (Å²) in [4.78, 5) is 50.5. The predicted octanol–water partition coefficient (Wildman–Crippen LogP) is 2.25. The molecule has 1 aliphatic heterocycles. The van der Waals surface area contributed by atoms with Crippen molar-refractivity contribution in [3.8, 4) is 0 Å². The summed E-state index contributed by atoms with van der Waals surface area (Å²) in [5, 5.41) is 4.84. The van der Waals surface area contributed by atoms with Crippen molar-refractivity contribution in [2.75, 3.05) is 13.6 Å². The van der Waals surface area contributed by atoms with Gasteiger partial charge in [-0.25, -0.2) is 8.78 Å². The van der Waals surface area contributed by atoms with Crippen LogP contribution in [0, 0.1) is 18.6 Å². The van der Waals surface area contributed by atoms with Crippen LogP contribution in [0.4, 0.5) is 8.78 Å². The van der Waals surface area contributed by atoms with Crippen molar-refractivity contribution in [2.45, 2.75) is 25.8 Å². The first kappa shape index (κ1) is 22.1. The number of nitrogens with one attached hydrogen (secondary N) is 2. The Morgan fingerprint density at radius 2 is 1.71 bits per heavy atom. The maximum Gasteiger partial charge on any atom is 0.261 e. The van der Waals surface area contributed by atoms with Crippen LogP contribution in [0.15, 0.2) is 36.4 Å². The molecule has 1 atom stereocenters. The zero-order chi connectivity index (χ0) is 22.7. The first-order valence-corrected chi connectivity index (χ1v) is 9.65. The molecule has 0 saturated carbocycles. The van der Waals surface area contributed by atoms with E-state index in [2.05, 4.69) is 10.6 Å². The van der Waals surface area contributed by atoms with Gasteiger partial charge < -0.3 is 10.6 Å². The third-order valence-electron chi connectivity index (χ3n) is 5.00. The van der Waals surface area contributed by atoms with Gasteiger partial charge in [0.05, 0.1) is 11.1 Å². The van der Waals surface area contributed by atoms with Gasteiger partial charge in [-0.2, -0.15) is 0 Å². The van der Waals surface area contributed by atoms with Gasteiger partial charge in [0.2, 0.25) is 11.8 Å². The molecule has 0 radical (unpaired) electrons. The van der Waals surface area contributed by atoms with Gasteiger partial charge in [0.15, 0.2) is 11.6 Å². The van der Waals surface area contributed by atoms with Crippen molar-refractivity contribution in [2.24, 2.45) is 0 Å². The molecule has 0 aromatic heterocycles. The summed E-state index contributed by atoms with van der Waals surface area (Å²) in [6.45, 7) is 1.86. The van der Waals surface area contributed by atoms with Crippen LogP contribution in [0.1, 0.15) is 50.7 Å². The first-order valence-electron chi connectivity index (χ1n) is 9.65. The molecule has 7 nitrogen and oxygen atoms in total. The lowest BCUT2D eigenvalue weighted by Crippen LogP contribution is -2.39. The minimum absolute atomic E-state index is 0.0363. The van der Waals surface area contributed by atoms with E-state index in [0.717, 1.165) is 22.6 Å². The van der Waals surface area contributed by atoms with Crippen LogP contribution >= 0.6 is 0 Å². The lowest BCUT2D eigenvalue weighted by atomic mass is 10.1. The molecule has 0 spiro atoms. The molecule has 31 heavy (non-hydrogen) atoms. The van der Waals surface area contributed by atoms with Crippen LogP contribution in [0.2, 0.25) is 0 Å². The SMILES string of the molecule is CNC(=O)C(NC(=O)CCCN1C(=O)c2ccc(C)cc2C1=O)c1ccc(F)c(F)c1. The highest BCUT2D eigenvalue weighted by atomic mass is 19.2. The number of carbonyl (C=O) groups is 4. The molecular weight excluding hydrogens is 408 g/mol. The number of amides is 4. The standard InChI is InChI=1S/C22H21F2N3O4/c1-12-5-7-14-15(10-12)22(31)27(21(14)30)9-3-4-18(28)26-19(20(29)25-2)13-6-8-16(23)17(24)11-13/h5-8,10-11,19H,3-4,9H2,1-2H3,(H,25,29)(H,26,28). The third-order valence-corrected chi connectivity index (χ3v) is 5.00. The minimum Gasteiger partial charge on any atom is -0.357 e. The number of benzene rings is 2. The normalized spacial score (nSPS) is 13.7. The molecule has 2 aromatic rings. The Labute approximate surface area is 177 Å². The van der Waals surface area contributed by atoms with Crippen LogP contribution in [-0.4, -0.2) is 42.1 Å². The van der Waals surface area contributed by atoms with Gasteiger partial charge in [-0.05, 0) is 43.2 Å². The topological polar surface area (TPSA) is 95.6 Å². The molecule has 3 rings (SSSR count). The highest BCUT2D eigenvalue weighted by Gasteiger charge is 2.35. The molecule has 1 aliphatic rings. The van der Waals surface area contributed by atoms with E-state index in [-0.39, 0.29) is 24.9 Å². The fraction of sp³-hybridized carbons (Fsp3) is 0.273. The number of hydrogen-bond acceptors (Lipinski definition) is 4. The Morgan fingerprint density at radius 3 is 2.39 bits per heavy atom. The molecule has 2 N–H and O–H groups in total. The average molecular weight is 429 g/mol. The second-order valence-electron chi connectivity index (χ2n) is 7.20. The lowest BCUT2D eigenvalue weighted by molar-refractivity contribution is -0.129. The van der Waals surface area contributed by atoms with Gasteiger partial charge in [0, 0.05) is 20.0 Å². The number of halogens is 2. The van der Waals surface area contributed by atoms with Gasteiger partial charge in [0.25, 0.3) is 11.8 Å². The number of fused-ring (bicyclic) bond motifs is 1. The van der Waals surface area contributed by atoms with Crippen molar-refractivity contribution in [1.29, 1.82) is 0 Å². The van der Waals surface area contributed by atoms with Crippen LogP contribution < -0.4 is 10.6 Å². The number of carbonyl (C=O) groups excluding carboxylic acids is 4. The highest BCUT2D eigenvalue weighted by molar-refractivity contribution is 6.21. The van der Waals surface area contributed by atoms with Crippen LogP contribution in [-0.2, 0) is 9.59 Å². The number of nitrogens with zero attached hydrogens (tertiary/aromatic N) is 1. The van der Waals surface area contributed by atoms with Gasteiger partial charge in [-0.3, -0.25) is 24.1 Å². The van der Waals surface area contributed by atoms with Crippen LogP contribution in [0.5, 0.6) is 0 Å². The lowest BCUT2D eigenvalue weighted by Gasteiger charge is -2.18. The molecule has 0 bridgehead atoms. The largest absolute Gasteiger partial charge is 0.357 e. The molecule has 1 heterocycles. The Balaban J connectivity index is 1.61. The number of aryl methyl sites for hydroxylation is 1. The van der Waals surface area contributed by atoms with Crippen LogP contribution in [0.25, 0.3) is 0 Å². The van der Waals surface area contributed by atoms with Crippen molar-refractivity contribution in [1.82, 2.24) is 15.5 Å². The Kier molecular flexibility index (Phi) is 6.43. The molecular formula is C22H21F2N3O4. The maximum atomic E-state index is 13.5. The summed E-state index contributed by atoms with van der Waals surface area (Å²) >= 11 is 0. The van der Waals surface area contributed by atoms with E-state index in [1.165, 1.54) is 13.1 Å². The van der Waals surface area contributed by atoms with Crippen molar-refractivity contribution in [3.05, 3.63) is 70.3 Å². The smallest absolute Gasteiger partial charge is 0.261 e. The fourth-order valence-electron chi connectivity index (χ4n) is 3.38. The summed E-state index contributed by atoms with van der Waals surface area (Å²) in [5.74, 6) is -4.16. The van der Waals surface area contributed by atoms with Gasteiger partial charge in [-0.1, -0.05) is 17.7 Å². The Morgan fingerprint density at radius 1 is 1.00 bits per heavy atom. The second kappa shape index (κ2) is 9.03. The molecule has 162 valence electrons. The highest BCUT2D eigenvalue weighted by Crippen LogP contribution is 2.24. The van der Waals surface area contributed by atoms with E-state index in [4.69, 9.17) is 0 Å². The van der Waals surface area contributed by atoms with E-state index in [1.807, 2.05) is 6.92 Å². The Hall–Kier alpha value is -3.62. The van der Waals surface area contributed by atoms with Gasteiger partial charge in [0.1, 0.15) is 6.04 Å². The zero-order valence-electron chi connectivity index (χ0n) is 17.0. The summed E-state index contributed by atoms with van der Waals surface area (Å²) in [5.41, 5.74) is 1.62. The Bertz CT molecular complexity index is 1070. The summed E-state index contributed by atoms with van der Waals surface area (Å²) in [6.07, 6.45) is 0.0954. The van der Waals surface area contributed by atoms with E-state index >= 15 is 0 Å². The van der Waals surface area contributed by atoms with Crippen LogP contribution in [0.3, 0.4) is 0 Å². The average Bonchev–Trinajstić information content (AvgIpc) is 2.97. The van der Waals surface area contributed by atoms with Crippen molar-refractivity contribution in [3.63, 3.8) is 0 Å². The van der Waals surface area contributed by atoms with E-state index in [1.54, 1.807) is 18.2 Å². The molecule has 4 amide bonds. The van der Waals surface area contributed by atoms with Gasteiger partial charge in [-0.15, -0.1) is 0 Å². The fourth-order valence-corrected chi connectivity index (χ4v) is 3.38. The van der Waals surface area contributed by atoms with Gasteiger partial charge >= 0.3 is 0 Å². The van der Waals surface area contributed by atoms with Crippen molar-refractivity contribution >= 4 is 23.6 Å². The minimum atomic E-state index is -1.21. The predicted molar refractivity (Wildman–Crippen MR) is 107 cm³/mol. The number of imide groups is 1. The molecule has 9 heteroatoms. The number of rotatable bonds is 7. The van der Waals surface area contributed by atoms with Crippen molar-refractivity contribution < 1.29 is 28.0 Å². The van der Waals surface area contributed by atoms with E-state index in [9.17, 15) is 28.0 Å². The quantitative estimate of drug-likeness (QED) is 0.660. The summed E-state index contributed by atoms with van der Waals surface area (Å²) < 4.78 is 26.7. The third kappa shape index (κ3) is 4.60. The maximum absolute atomic E-state index is 13.5. The molecule has 1 unspecified atom stereocenters.